The lowest BCUT2D eigenvalue weighted by atomic mass is 9.76. The molecule has 2 aliphatic heterocycles. The minimum Gasteiger partial charge on any atom is -0.362 e. The minimum atomic E-state index is -0.742. The van der Waals surface area contributed by atoms with Crippen LogP contribution >= 0.6 is 34.8 Å². The van der Waals surface area contributed by atoms with E-state index in [2.05, 4.69) is 27.0 Å². The number of hydrogen-bond donors (Lipinski definition) is 1. The minimum absolute atomic E-state index is 0.195. The number of halogens is 4. The van der Waals surface area contributed by atoms with E-state index >= 15 is 0 Å². The molecule has 0 radical (unpaired) electrons. The summed E-state index contributed by atoms with van der Waals surface area (Å²) in [5, 5.41) is 4.64. The number of rotatable bonds is 7. The Balaban J connectivity index is 1.25. The molecule has 1 saturated carbocycles. The average Bonchev–Trinajstić information content (AvgIpc) is 2.78. The summed E-state index contributed by atoms with van der Waals surface area (Å²) in [4.78, 5) is 14.0. The van der Waals surface area contributed by atoms with Crippen LogP contribution in [0.15, 0.2) is 18.2 Å². The third kappa shape index (κ3) is 5.36. The predicted molar refractivity (Wildman–Crippen MR) is 143 cm³/mol. The molecule has 0 spiro atoms. The number of nitrogens with zero attached hydrogens (tertiary/aromatic N) is 4. The van der Waals surface area contributed by atoms with Crippen LogP contribution in [0.4, 0.5) is 16.2 Å². The van der Waals surface area contributed by atoms with Gasteiger partial charge in [0.1, 0.15) is 11.7 Å². The van der Waals surface area contributed by atoms with Gasteiger partial charge >= 0.3 is 0 Å². The maximum absolute atomic E-state index is 13.8. The Morgan fingerprint density at radius 2 is 1.89 bits per heavy atom. The molecule has 1 N–H and O–H groups in total. The Kier molecular flexibility index (Phi) is 7.64. The molecule has 9 heteroatoms. The van der Waals surface area contributed by atoms with E-state index < -0.39 is 6.67 Å². The lowest BCUT2D eigenvalue weighted by molar-refractivity contribution is 0.0294. The third-order valence-corrected chi connectivity index (χ3v) is 8.99. The van der Waals surface area contributed by atoms with E-state index in [4.69, 9.17) is 39.8 Å². The van der Waals surface area contributed by atoms with Crippen LogP contribution < -0.4 is 10.2 Å². The first-order chi connectivity index (χ1) is 16.8. The van der Waals surface area contributed by atoms with Gasteiger partial charge in [0.2, 0.25) is 5.95 Å². The number of benzene rings is 1. The summed E-state index contributed by atoms with van der Waals surface area (Å²) in [6.07, 6.45) is 5.28. The molecule has 2 saturated heterocycles. The van der Waals surface area contributed by atoms with Crippen molar-refractivity contribution in [2.24, 2.45) is 17.8 Å². The maximum Gasteiger partial charge on any atom is 0.227 e. The second-order valence-corrected chi connectivity index (χ2v) is 11.8. The normalized spacial score (nSPS) is 26.2. The van der Waals surface area contributed by atoms with E-state index in [1.807, 2.05) is 13.0 Å². The quantitative estimate of drug-likeness (QED) is 0.408. The molecule has 1 aromatic heterocycles. The Labute approximate surface area is 222 Å². The van der Waals surface area contributed by atoms with Crippen LogP contribution in [-0.2, 0) is 6.67 Å². The molecule has 0 amide bonds. The molecule has 0 bridgehead atoms. The molecule has 3 aliphatic rings. The third-order valence-electron chi connectivity index (χ3n) is 8.03. The number of hydrogen-bond acceptors (Lipinski definition) is 5. The molecular formula is C26H33Cl3FN5. The molecule has 0 unspecified atom stereocenters. The van der Waals surface area contributed by atoms with Crippen molar-refractivity contribution in [2.75, 3.05) is 36.4 Å². The second-order valence-electron chi connectivity index (χ2n) is 10.6. The molecule has 5 rings (SSSR count). The summed E-state index contributed by atoms with van der Waals surface area (Å²) >= 11 is 18.9. The van der Waals surface area contributed by atoms with Crippen LogP contribution in [0.25, 0.3) is 0 Å². The van der Waals surface area contributed by atoms with Crippen molar-refractivity contribution >= 4 is 46.6 Å². The summed E-state index contributed by atoms with van der Waals surface area (Å²) in [5.41, 5.74) is 1.07. The number of anilines is 2. The van der Waals surface area contributed by atoms with Gasteiger partial charge in [-0.15, -0.1) is 0 Å². The van der Waals surface area contributed by atoms with Crippen LogP contribution in [0.1, 0.15) is 56.8 Å². The highest BCUT2D eigenvalue weighted by Crippen LogP contribution is 2.39. The largest absolute Gasteiger partial charge is 0.362 e. The van der Waals surface area contributed by atoms with Gasteiger partial charge in [-0.1, -0.05) is 47.8 Å². The van der Waals surface area contributed by atoms with Gasteiger partial charge in [-0.25, -0.2) is 9.37 Å². The monoisotopic (exact) mass is 539 g/mol. The molecule has 2 aromatic rings. The molecule has 3 fully saturated rings. The fraction of sp³-hybridized carbons (Fsp3) is 0.615. The molecule has 3 heterocycles. The average molecular weight is 541 g/mol. The highest BCUT2D eigenvalue weighted by Gasteiger charge is 2.40. The molecule has 1 aromatic carbocycles. The number of alkyl halides is 1. The highest BCUT2D eigenvalue weighted by atomic mass is 35.5. The lowest BCUT2D eigenvalue weighted by Gasteiger charge is -2.50. The van der Waals surface area contributed by atoms with Crippen molar-refractivity contribution < 1.29 is 4.39 Å². The number of aromatic nitrogens is 2. The fourth-order valence-electron chi connectivity index (χ4n) is 5.83. The zero-order valence-electron chi connectivity index (χ0n) is 20.3. The van der Waals surface area contributed by atoms with Crippen LogP contribution in [0.2, 0.25) is 15.1 Å². The molecular weight excluding hydrogens is 508 g/mol. The van der Waals surface area contributed by atoms with E-state index in [0.717, 1.165) is 30.6 Å². The van der Waals surface area contributed by atoms with E-state index in [1.165, 1.54) is 38.8 Å². The van der Waals surface area contributed by atoms with Crippen LogP contribution in [-0.4, -0.2) is 47.1 Å². The van der Waals surface area contributed by atoms with Gasteiger partial charge in [0.25, 0.3) is 0 Å². The van der Waals surface area contributed by atoms with E-state index in [0.29, 0.717) is 33.6 Å². The van der Waals surface area contributed by atoms with Gasteiger partial charge in [0, 0.05) is 35.7 Å². The van der Waals surface area contributed by atoms with E-state index in [9.17, 15) is 4.39 Å². The van der Waals surface area contributed by atoms with Crippen molar-refractivity contribution in [3.63, 3.8) is 0 Å². The maximum atomic E-state index is 13.8. The standard InChI is InChI=1S/C26H33Cl3FN5/c1-15-8-20(9-15)34-7-3-4-17(12-34)18-13-35(14-18)26-32-23(11-30)24(29)25(33-26)31-16(2)21-6-5-19(27)10-22(21)28/h5-6,10,15-18,20H,3-4,7-9,11-14H2,1-2H3,(H,31,32,33)/t15?,16-,17+,20?/m1/s1. The Hall–Kier alpha value is -1.34. The van der Waals surface area contributed by atoms with Gasteiger partial charge in [0.05, 0.1) is 11.7 Å². The molecule has 1 aliphatic carbocycles. The summed E-state index contributed by atoms with van der Waals surface area (Å²) in [5.74, 6) is 3.19. The summed E-state index contributed by atoms with van der Waals surface area (Å²) < 4.78 is 13.8. The van der Waals surface area contributed by atoms with Crippen molar-refractivity contribution in [1.82, 2.24) is 14.9 Å². The fourth-order valence-corrected chi connectivity index (χ4v) is 6.59. The number of piperidine rings is 1. The van der Waals surface area contributed by atoms with Crippen molar-refractivity contribution in [3.05, 3.63) is 44.5 Å². The van der Waals surface area contributed by atoms with Gasteiger partial charge in [-0.05, 0) is 74.6 Å². The second kappa shape index (κ2) is 10.6. The Bertz CT molecular complexity index is 1060. The van der Waals surface area contributed by atoms with Crippen LogP contribution in [0.3, 0.4) is 0 Å². The van der Waals surface area contributed by atoms with Crippen molar-refractivity contribution in [3.8, 4) is 0 Å². The molecule has 2 atom stereocenters. The lowest BCUT2D eigenvalue weighted by Crippen LogP contribution is -2.56. The molecule has 35 heavy (non-hydrogen) atoms. The summed E-state index contributed by atoms with van der Waals surface area (Å²) in [6.45, 7) is 7.84. The van der Waals surface area contributed by atoms with Gasteiger partial charge in [0.15, 0.2) is 5.82 Å². The van der Waals surface area contributed by atoms with Gasteiger partial charge in [-0.3, -0.25) is 0 Å². The smallest absolute Gasteiger partial charge is 0.227 e. The molecule has 190 valence electrons. The van der Waals surface area contributed by atoms with Gasteiger partial charge < -0.3 is 15.1 Å². The summed E-state index contributed by atoms with van der Waals surface area (Å²) in [6, 6.07) is 5.96. The summed E-state index contributed by atoms with van der Waals surface area (Å²) in [7, 11) is 0. The Morgan fingerprint density at radius 3 is 2.57 bits per heavy atom. The van der Waals surface area contributed by atoms with E-state index in [-0.39, 0.29) is 16.8 Å². The van der Waals surface area contributed by atoms with Crippen LogP contribution in [0.5, 0.6) is 0 Å². The Morgan fingerprint density at radius 1 is 1.11 bits per heavy atom. The van der Waals surface area contributed by atoms with Crippen molar-refractivity contribution in [2.45, 2.75) is 58.3 Å². The van der Waals surface area contributed by atoms with E-state index in [1.54, 1.807) is 12.1 Å². The highest BCUT2D eigenvalue weighted by molar-refractivity contribution is 6.35. The first-order valence-corrected chi connectivity index (χ1v) is 13.8. The number of likely N-dealkylation sites (tertiary alicyclic amines) is 1. The SMILES string of the molecule is CC1CC(N2CCC[C@H](C3CN(c4nc(CF)c(Cl)c(N[C@H](C)c5ccc(Cl)cc5Cl)n4)C3)C2)C1. The number of nitrogens with one attached hydrogen (secondary N) is 1. The van der Waals surface area contributed by atoms with Crippen molar-refractivity contribution in [1.29, 1.82) is 0 Å². The van der Waals surface area contributed by atoms with Gasteiger partial charge in [-0.2, -0.15) is 4.98 Å². The first kappa shape index (κ1) is 25.3. The first-order valence-electron chi connectivity index (χ1n) is 12.6. The molecule has 5 nitrogen and oxygen atoms in total. The topological polar surface area (TPSA) is 44.3 Å². The zero-order chi connectivity index (χ0) is 24.7. The van der Waals surface area contributed by atoms with Crippen LogP contribution in [0, 0.1) is 17.8 Å². The zero-order valence-corrected chi connectivity index (χ0v) is 22.6. The predicted octanol–water partition coefficient (Wildman–Crippen LogP) is 7.03.